The quantitative estimate of drug-likeness (QED) is 0.733. The summed E-state index contributed by atoms with van der Waals surface area (Å²) < 4.78 is 5.18. The van der Waals surface area contributed by atoms with E-state index in [1.54, 1.807) is 0 Å². The fourth-order valence-electron chi connectivity index (χ4n) is 2.57. The van der Waals surface area contributed by atoms with Crippen molar-refractivity contribution in [3.63, 3.8) is 0 Å². The summed E-state index contributed by atoms with van der Waals surface area (Å²) >= 11 is 0. The number of hydrogen-bond acceptors (Lipinski definition) is 4. The first-order valence-electron chi connectivity index (χ1n) is 8.68. The lowest BCUT2D eigenvalue weighted by Gasteiger charge is -2.33. The fourth-order valence-corrected chi connectivity index (χ4v) is 2.57. The van der Waals surface area contributed by atoms with E-state index in [0.717, 1.165) is 38.9 Å². The highest BCUT2D eigenvalue weighted by atomic mass is 16.6. The van der Waals surface area contributed by atoms with Gasteiger partial charge >= 0.3 is 6.09 Å². The van der Waals surface area contributed by atoms with Gasteiger partial charge in [-0.2, -0.15) is 0 Å². The van der Waals surface area contributed by atoms with Crippen LogP contribution in [0.1, 0.15) is 53.9 Å². The second-order valence-electron chi connectivity index (χ2n) is 7.49. The van der Waals surface area contributed by atoms with Crippen molar-refractivity contribution in [2.75, 3.05) is 26.2 Å². The van der Waals surface area contributed by atoms with Gasteiger partial charge in [0.15, 0.2) is 0 Å². The Morgan fingerprint density at radius 3 is 2.30 bits per heavy atom. The number of nitrogens with zero attached hydrogens (tertiary/aromatic N) is 1. The standard InChI is InChI=1S/C17H33N3O3/c1-13(2)15(21)20-11-7-14(8-12-20)18-9-6-10-19-16(22)23-17(3,4)5/h13-14,18H,6-12H2,1-5H3,(H,19,22). The van der Waals surface area contributed by atoms with E-state index < -0.39 is 5.60 Å². The van der Waals surface area contributed by atoms with Crippen molar-refractivity contribution in [3.05, 3.63) is 0 Å². The number of carbonyl (C=O) groups is 2. The monoisotopic (exact) mass is 327 g/mol. The van der Waals surface area contributed by atoms with Gasteiger partial charge in [-0.25, -0.2) is 4.79 Å². The molecular formula is C17H33N3O3. The molecule has 2 amide bonds. The molecule has 1 fully saturated rings. The molecule has 2 N–H and O–H groups in total. The molecule has 0 aromatic heterocycles. The molecule has 1 aliphatic rings. The SMILES string of the molecule is CC(C)C(=O)N1CCC(NCCCNC(=O)OC(C)(C)C)CC1. The van der Waals surface area contributed by atoms with Gasteiger partial charge in [-0.05, 0) is 46.6 Å². The molecule has 0 bridgehead atoms. The van der Waals surface area contributed by atoms with Gasteiger partial charge < -0.3 is 20.3 Å². The number of hydrogen-bond donors (Lipinski definition) is 2. The van der Waals surface area contributed by atoms with Crippen LogP contribution in [-0.4, -0.2) is 54.7 Å². The van der Waals surface area contributed by atoms with Gasteiger partial charge in [0, 0.05) is 31.6 Å². The van der Waals surface area contributed by atoms with Crippen molar-refractivity contribution < 1.29 is 14.3 Å². The number of carbonyl (C=O) groups excluding carboxylic acids is 2. The van der Waals surface area contributed by atoms with Crippen LogP contribution in [0.3, 0.4) is 0 Å². The van der Waals surface area contributed by atoms with Crippen LogP contribution in [0.5, 0.6) is 0 Å². The maximum absolute atomic E-state index is 11.9. The molecule has 134 valence electrons. The van der Waals surface area contributed by atoms with Crippen molar-refractivity contribution in [2.45, 2.75) is 65.5 Å². The summed E-state index contributed by atoms with van der Waals surface area (Å²) in [5.41, 5.74) is -0.455. The van der Waals surface area contributed by atoms with Gasteiger partial charge in [0.2, 0.25) is 5.91 Å². The van der Waals surface area contributed by atoms with Crippen LogP contribution >= 0.6 is 0 Å². The Bertz CT molecular complexity index is 383. The third-order valence-electron chi connectivity index (χ3n) is 3.76. The molecule has 1 aliphatic heterocycles. The van der Waals surface area contributed by atoms with Crippen molar-refractivity contribution >= 4 is 12.0 Å². The summed E-state index contributed by atoms with van der Waals surface area (Å²) in [6.07, 6.45) is 2.50. The van der Waals surface area contributed by atoms with Crippen LogP contribution < -0.4 is 10.6 Å². The molecule has 6 heteroatoms. The van der Waals surface area contributed by atoms with E-state index in [1.807, 2.05) is 39.5 Å². The minimum Gasteiger partial charge on any atom is -0.444 e. The normalized spacial score (nSPS) is 16.5. The van der Waals surface area contributed by atoms with Gasteiger partial charge in [-0.3, -0.25) is 4.79 Å². The number of rotatable bonds is 6. The molecule has 0 spiro atoms. The molecule has 0 radical (unpaired) electrons. The number of nitrogens with one attached hydrogen (secondary N) is 2. The van der Waals surface area contributed by atoms with Gasteiger partial charge in [0.25, 0.3) is 0 Å². The first-order valence-corrected chi connectivity index (χ1v) is 8.68. The van der Waals surface area contributed by atoms with E-state index in [-0.39, 0.29) is 17.9 Å². The molecule has 0 aromatic rings. The average Bonchev–Trinajstić information content (AvgIpc) is 2.45. The Morgan fingerprint density at radius 1 is 1.17 bits per heavy atom. The zero-order valence-electron chi connectivity index (χ0n) is 15.3. The highest BCUT2D eigenvalue weighted by molar-refractivity contribution is 5.78. The average molecular weight is 327 g/mol. The van der Waals surface area contributed by atoms with E-state index >= 15 is 0 Å². The first kappa shape index (κ1) is 19.7. The van der Waals surface area contributed by atoms with Crippen molar-refractivity contribution in [2.24, 2.45) is 5.92 Å². The Kier molecular flexibility index (Phi) is 7.82. The van der Waals surface area contributed by atoms with E-state index in [1.165, 1.54) is 0 Å². The Hall–Kier alpha value is -1.30. The topological polar surface area (TPSA) is 70.7 Å². The molecule has 1 heterocycles. The summed E-state index contributed by atoms with van der Waals surface area (Å²) in [6, 6.07) is 0.465. The molecule has 0 aromatic carbocycles. The van der Waals surface area contributed by atoms with Crippen molar-refractivity contribution in [1.82, 2.24) is 15.5 Å². The zero-order valence-corrected chi connectivity index (χ0v) is 15.3. The van der Waals surface area contributed by atoms with E-state index in [2.05, 4.69) is 10.6 Å². The highest BCUT2D eigenvalue weighted by Gasteiger charge is 2.23. The van der Waals surface area contributed by atoms with Crippen molar-refractivity contribution in [3.8, 4) is 0 Å². The minimum absolute atomic E-state index is 0.0819. The zero-order chi connectivity index (χ0) is 17.5. The van der Waals surface area contributed by atoms with Crippen LogP contribution in [0, 0.1) is 5.92 Å². The predicted molar refractivity (Wildman–Crippen MR) is 91.3 cm³/mol. The smallest absolute Gasteiger partial charge is 0.407 e. The summed E-state index contributed by atoms with van der Waals surface area (Å²) in [6.45, 7) is 12.6. The summed E-state index contributed by atoms with van der Waals surface area (Å²) in [7, 11) is 0. The molecule has 1 saturated heterocycles. The number of alkyl carbamates (subject to hydrolysis) is 1. The van der Waals surface area contributed by atoms with Gasteiger partial charge in [-0.15, -0.1) is 0 Å². The predicted octanol–water partition coefficient (Wildman–Crippen LogP) is 2.14. The molecule has 1 rings (SSSR count). The van der Waals surface area contributed by atoms with E-state index in [4.69, 9.17) is 4.74 Å². The maximum Gasteiger partial charge on any atom is 0.407 e. The largest absolute Gasteiger partial charge is 0.444 e. The van der Waals surface area contributed by atoms with E-state index in [9.17, 15) is 9.59 Å². The molecule has 0 saturated carbocycles. The lowest BCUT2D eigenvalue weighted by Crippen LogP contribution is -2.46. The first-order chi connectivity index (χ1) is 10.7. The third kappa shape index (κ3) is 8.21. The Balaban J connectivity index is 2.08. The summed E-state index contributed by atoms with van der Waals surface area (Å²) in [5, 5.41) is 6.26. The maximum atomic E-state index is 11.9. The van der Waals surface area contributed by atoms with Gasteiger partial charge in [0.05, 0.1) is 0 Å². The van der Waals surface area contributed by atoms with Crippen LogP contribution in [0.2, 0.25) is 0 Å². The van der Waals surface area contributed by atoms with Gasteiger partial charge in [0.1, 0.15) is 5.60 Å². The minimum atomic E-state index is -0.455. The second kappa shape index (κ2) is 9.11. The molecule has 0 atom stereocenters. The summed E-state index contributed by atoms with van der Waals surface area (Å²) in [4.78, 5) is 25.4. The van der Waals surface area contributed by atoms with Crippen LogP contribution in [0.15, 0.2) is 0 Å². The molecular weight excluding hydrogens is 294 g/mol. The molecule has 0 aliphatic carbocycles. The third-order valence-corrected chi connectivity index (χ3v) is 3.76. The van der Waals surface area contributed by atoms with Crippen LogP contribution in [-0.2, 0) is 9.53 Å². The lowest BCUT2D eigenvalue weighted by molar-refractivity contribution is -0.135. The summed E-state index contributed by atoms with van der Waals surface area (Å²) in [5.74, 6) is 0.337. The number of likely N-dealkylation sites (tertiary alicyclic amines) is 1. The highest BCUT2D eigenvalue weighted by Crippen LogP contribution is 2.13. The van der Waals surface area contributed by atoms with Crippen LogP contribution in [0.4, 0.5) is 4.79 Å². The number of piperidine rings is 1. The molecule has 6 nitrogen and oxygen atoms in total. The number of amides is 2. The van der Waals surface area contributed by atoms with Gasteiger partial charge in [-0.1, -0.05) is 13.8 Å². The molecule has 0 unspecified atom stereocenters. The van der Waals surface area contributed by atoms with Crippen molar-refractivity contribution in [1.29, 1.82) is 0 Å². The van der Waals surface area contributed by atoms with E-state index in [0.29, 0.717) is 12.6 Å². The molecule has 23 heavy (non-hydrogen) atoms. The Labute approximate surface area is 140 Å². The number of ether oxygens (including phenoxy) is 1. The second-order valence-corrected chi connectivity index (χ2v) is 7.49. The fraction of sp³-hybridized carbons (Fsp3) is 0.882. The lowest BCUT2D eigenvalue weighted by atomic mass is 10.0. The van der Waals surface area contributed by atoms with Crippen LogP contribution in [0.25, 0.3) is 0 Å². The Morgan fingerprint density at radius 2 is 1.78 bits per heavy atom.